The number of nitrogens with two attached hydrogens (primary N) is 1. The van der Waals surface area contributed by atoms with E-state index in [1.54, 1.807) is 6.20 Å². The van der Waals surface area contributed by atoms with Gasteiger partial charge in [-0.3, -0.25) is 4.79 Å². The molecule has 0 atom stereocenters. The molecule has 1 amide bonds. The standard InChI is InChI=1S/C24H34N6O/c1-17(2)29-14-10-19(11-15-29)18-6-8-20(9-7-18)27-24-22(23(25)31)26-16-21(28-24)30-12-4-3-5-13-30/h6-9,16-17,19H,3-5,10-15H2,1-2H3,(H2,25,31)(H,27,28). The van der Waals surface area contributed by atoms with Crippen LogP contribution in [0.3, 0.4) is 0 Å². The first-order chi connectivity index (χ1) is 15.0. The predicted molar refractivity (Wildman–Crippen MR) is 125 cm³/mol. The lowest BCUT2D eigenvalue weighted by atomic mass is 9.89. The second-order valence-corrected chi connectivity index (χ2v) is 8.99. The van der Waals surface area contributed by atoms with Gasteiger partial charge in [0, 0.05) is 24.8 Å². The molecule has 2 aliphatic rings. The molecule has 31 heavy (non-hydrogen) atoms. The van der Waals surface area contributed by atoms with Crippen molar-refractivity contribution in [1.82, 2.24) is 14.9 Å². The van der Waals surface area contributed by atoms with Crippen LogP contribution in [0.4, 0.5) is 17.3 Å². The van der Waals surface area contributed by atoms with Crippen LogP contribution < -0.4 is 16.0 Å². The third kappa shape index (κ3) is 5.15. The Hall–Kier alpha value is -2.67. The number of nitrogens with zero attached hydrogens (tertiary/aromatic N) is 4. The second kappa shape index (κ2) is 9.64. The molecule has 0 bridgehead atoms. The maximum atomic E-state index is 11.9. The molecule has 2 aliphatic heterocycles. The van der Waals surface area contributed by atoms with E-state index < -0.39 is 5.91 Å². The van der Waals surface area contributed by atoms with Crippen molar-refractivity contribution in [2.75, 3.05) is 36.4 Å². The first-order valence-corrected chi connectivity index (χ1v) is 11.5. The van der Waals surface area contributed by atoms with Crippen molar-refractivity contribution in [1.29, 1.82) is 0 Å². The van der Waals surface area contributed by atoms with Crippen molar-refractivity contribution in [3.05, 3.63) is 41.7 Å². The molecule has 7 nitrogen and oxygen atoms in total. The zero-order valence-electron chi connectivity index (χ0n) is 18.7. The second-order valence-electron chi connectivity index (χ2n) is 8.99. The Morgan fingerprint density at radius 2 is 1.74 bits per heavy atom. The summed E-state index contributed by atoms with van der Waals surface area (Å²) in [6.45, 7) is 8.78. The molecule has 4 rings (SSSR count). The van der Waals surface area contributed by atoms with Gasteiger partial charge in [0.25, 0.3) is 5.91 Å². The molecule has 0 unspecified atom stereocenters. The summed E-state index contributed by atoms with van der Waals surface area (Å²) in [5, 5.41) is 3.28. The molecule has 3 N–H and O–H groups in total. The van der Waals surface area contributed by atoms with Crippen LogP contribution in [-0.4, -0.2) is 53.0 Å². The molecule has 0 spiro atoms. The molecule has 2 fully saturated rings. The van der Waals surface area contributed by atoms with Gasteiger partial charge >= 0.3 is 0 Å². The minimum Gasteiger partial charge on any atom is -0.364 e. The third-order valence-electron chi connectivity index (χ3n) is 6.58. The highest BCUT2D eigenvalue weighted by Crippen LogP contribution is 2.30. The number of carbonyl (C=O) groups is 1. The van der Waals surface area contributed by atoms with Crippen LogP contribution in [-0.2, 0) is 0 Å². The topological polar surface area (TPSA) is 87.4 Å². The van der Waals surface area contributed by atoms with Gasteiger partial charge in [0.15, 0.2) is 11.5 Å². The van der Waals surface area contributed by atoms with E-state index in [-0.39, 0.29) is 5.69 Å². The lowest BCUT2D eigenvalue weighted by Gasteiger charge is -2.34. The van der Waals surface area contributed by atoms with Gasteiger partial charge in [0.2, 0.25) is 0 Å². The third-order valence-corrected chi connectivity index (χ3v) is 6.58. The van der Waals surface area contributed by atoms with Crippen molar-refractivity contribution in [2.45, 2.75) is 57.9 Å². The summed E-state index contributed by atoms with van der Waals surface area (Å²) in [5.74, 6) is 1.25. The van der Waals surface area contributed by atoms with E-state index in [0.29, 0.717) is 17.8 Å². The van der Waals surface area contributed by atoms with Gasteiger partial charge < -0.3 is 20.9 Å². The first-order valence-electron chi connectivity index (χ1n) is 11.5. The normalized spacial score (nSPS) is 18.4. The van der Waals surface area contributed by atoms with Gasteiger partial charge in [-0.15, -0.1) is 0 Å². The maximum absolute atomic E-state index is 11.9. The molecule has 0 radical (unpaired) electrons. The zero-order chi connectivity index (χ0) is 21.8. The lowest BCUT2D eigenvalue weighted by Crippen LogP contribution is -2.37. The van der Waals surface area contributed by atoms with Gasteiger partial charge in [0.1, 0.15) is 5.82 Å². The molecular formula is C24H34N6O. The summed E-state index contributed by atoms with van der Waals surface area (Å²) in [6.07, 6.45) is 7.60. The van der Waals surface area contributed by atoms with E-state index in [2.05, 4.69) is 58.2 Å². The monoisotopic (exact) mass is 422 g/mol. The number of anilines is 3. The predicted octanol–water partition coefficient (Wildman–Crippen LogP) is 3.90. The minimum absolute atomic E-state index is 0.172. The summed E-state index contributed by atoms with van der Waals surface area (Å²) >= 11 is 0. The van der Waals surface area contributed by atoms with Crippen molar-refractivity contribution in [2.24, 2.45) is 5.73 Å². The quantitative estimate of drug-likeness (QED) is 0.734. The van der Waals surface area contributed by atoms with E-state index in [1.165, 1.54) is 24.8 Å². The number of rotatable bonds is 6. The summed E-state index contributed by atoms with van der Waals surface area (Å²) in [7, 11) is 0. The zero-order valence-corrected chi connectivity index (χ0v) is 18.7. The Labute approximate surface area is 185 Å². The summed E-state index contributed by atoms with van der Waals surface area (Å²) in [6, 6.07) is 9.11. The molecule has 1 aromatic carbocycles. The number of likely N-dealkylation sites (tertiary alicyclic amines) is 1. The van der Waals surface area contributed by atoms with Crippen LogP contribution in [0.25, 0.3) is 0 Å². The average molecular weight is 423 g/mol. The molecule has 7 heteroatoms. The number of nitrogens with one attached hydrogen (secondary N) is 1. The number of benzene rings is 1. The van der Waals surface area contributed by atoms with E-state index in [0.717, 1.165) is 50.5 Å². The van der Waals surface area contributed by atoms with Gasteiger partial charge in [-0.05, 0) is 82.7 Å². The molecule has 0 aliphatic carbocycles. The van der Waals surface area contributed by atoms with E-state index in [4.69, 9.17) is 10.7 Å². The van der Waals surface area contributed by atoms with Crippen LogP contribution in [0.2, 0.25) is 0 Å². The van der Waals surface area contributed by atoms with Gasteiger partial charge in [-0.25, -0.2) is 9.97 Å². The lowest BCUT2D eigenvalue weighted by molar-refractivity contribution is 0.0996. The van der Waals surface area contributed by atoms with E-state index in [1.807, 2.05) is 0 Å². The van der Waals surface area contributed by atoms with Crippen LogP contribution >= 0.6 is 0 Å². The largest absolute Gasteiger partial charge is 0.364 e. The maximum Gasteiger partial charge on any atom is 0.271 e. The van der Waals surface area contributed by atoms with Crippen LogP contribution in [0.1, 0.15) is 67.9 Å². The number of hydrogen-bond donors (Lipinski definition) is 2. The summed E-state index contributed by atoms with van der Waals surface area (Å²) in [4.78, 5) is 25.7. The van der Waals surface area contributed by atoms with Crippen molar-refractivity contribution < 1.29 is 4.79 Å². The number of amides is 1. The number of primary amides is 1. The molecule has 2 saturated heterocycles. The molecule has 166 valence electrons. The highest BCUT2D eigenvalue weighted by molar-refractivity contribution is 5.96. The fraction of sp³-hybridized carbons (Fsp3) is 0.542. The van der Waals surface area contributed by atoms with E-state index >= 15 is 0 Å². The van der Waals surface area contributed by atoms with Crippen LogP contribution in [0, 0.1) is 0 Å². The Kier molecular flexibility index (Phi) is 6.70. The minimum atomic E-state index is -0.575. The van der Waals surface area contributed by atoms with Gasteiger partial charge in [-0.1, -0.05) is 12.1 Å². The summed E-state index contributed by atoms with van der Waals surface area (Å²) < 4.78 is 0. The number of piperidine rings is 2. The number of hydrogen-bond acceptors (Lipinski definition) is 6. The Morgan fingerprint density at radius 3 is 2.35 bits per heavy atom. The Morgan fingerprint density at radius 1 is 1.06 bits per heavy atom. The van der Waals surface area contributed by atoms with Crippen molar-refractivity contribution >= 4 is 23.2 Å². The fourth-order valence-electron chi connectivity index (χ4n) is 4.65. The number of carbonyl (C=O) groups excluding carboxylic acids is 1. The fourth-order valence-corrected chi connectivity index (χ4v) is 4.65. The van der Waals surface area contributed by atoms with Crippen LogP contribution in [0.15, 0.2) is 30.5 Å². The summed E-state index contributed by atoms with van der Waals surface area (Å²) in [5.41, 5.74) is 7.98. The van der Waals surface area contributed by atoms with Crippen molar-refractivity contribution in [3.8, 4) is 0 Å². The number of aromatic nitrogens is 2. The SMILES string of the molecule is CC(C)N1CCC(c2ccc(Nc3nc(N4CCCCC4)cnc3C(N)=O)cc2)CC1. The smallest absolute Gasteiger partial charge is 0.271 e. The highest BCUT2D eigenvalue weighted by atomic mass is 16.1. The van der Waals surface area contributed by atoms with E-state index in [9.17, 15) is 4.79 Å². The Balaban J connectivity index is 1.47. The average Bonchev–Trinajstić information content (AvgIpc) is 2.80. The molecule has 1 aromatic heterocycles. The molecule has 2 aromatic rings. The molecule has 0 saturated carbocycles. The van der Waals surface area contributed by atoms with Gasteiger partial charge in [-0.2, -0.15) is 0 Å². The van der Waals surface area contributed by atoms with Crippen molar-refractivity contribution in [3.63, 3.8) is 0 Å². The first kappa shape index (κ1) is 21.6. The van der Waals surface area contributed by atoms with Crippen LogP contribution in [0.5, 0.6) is 0 Å². The molecular weight excluding hydrogens is 388 g/mol. The Bertz CT molecular complexity index is 883. The van der Waals surface area contributed by atoms with Gasteiger partial charge in [0.05, 0.1) is 6.20 Å². The molecule has 3 heterocycles. The highest BCUT2D eigenvalue weighted by Gasteiger charge is 2.22.